The molecule has 1 aliphatic rings. The predicted molar refractivity (Wildman–Crippen MR) is 82.4 cm³/mol. The molecule has 1 amide bonds. The molecule has 4 nitrogen and oxygen atoms in total. The molecule has 0 saturated heterocycles. The third kappa shape index (κ3) is 3.63. The van der Waals surface area contributed by atoms with Gasteiger partial charge in [-0.1, -0.05) is 50.8 Å². The zero-order chi connectivity index (χ0) is 15.2. The van der Waals surface area contributed by atoms with E-state index in [9.17, 15) is 14.7 Å². The second-order valence-corrected chi connectivity index (χ2v) is 5.61. The van der Waals surface area contributed by atoms with Crippen LogP contribution in [0.1, 0.15) is 51.0 Å². The number of rotatable bonds is 7. The van der Waals surface area contributed by atoms with Crippen LogP contribution in [0.5, 0.6) is 0 Å². The molecule has 1 aromatic rings. The molecule has 1 atom stereocenters. The van der Waals surface area contributed by atoms with E-state index < -0.39 is 12.0 Å². The van der Waals surface area contributed by atoms with Gasteiger partial charge in [-0.15, -0.1) is 0 Å². The number of carbonyl (C=O) groups excluding carboxylic acids is 1. The lowest BCUT2D eigenvalue weighted by Crippen LogP contribution is -2.42. The lowest BCUT2D eigenvalue weighted by atomic mass is 10.1. The summed E-state index contributed by atoms with van der Waals surface area (Å²) in [7, 11) is 0. The highest BCUT2D eigenvalue weighted by molar-refractivity contribution is 6.01. The minimum Gasteiger partial charge on any atom is -0.480 e. The SMILES string of the molecule is CCCCCCCC(=O)N1c2ccccc2CC1C(=O)O. The fraction of sp³-hybridized carbons (Fsp3) is 0.529. The molecule has 1 aromatic carbocycles. The summed E-state index contributed by atoms with van der Waals surface area (Å²) in [5.41, 5.74) is 1.72. The lowest BCUT2D eigenvalue weighted by Gasteiger charge is -2.22. The first-order chi connectivity index (χ1) is 10.1. The third-order valence-electron chi connectivity index (χ3n) is 4.02. The fourth-order valence-corrected chi connectivity index (χ4v) is 2.89. The summed E-state index contributed by atoms with van der Waals surface area (Å²) < 4.78 is 0. The minimum atomic E-state index is -0.925. The highest BCUT2D eigenvalue weighted by Crippen LogP contribution is 2.32. The highest BCUT2D eigenvalue weighted by atomic mass is 16.4. The van der Waals surface area contributed by atoms with Gasteiger partial charge < -0.3 is 5.11 Å². The monoisotopic (exact) mass is 289 g/mol. The molecule has 1 aliphatic heterocycles. The van der Waals surface area contributed by atoms with E-state index >= 15 is 0 Å². The molecule has 0 spiro atoms. The summed E-state index contributed by atoms with van der Waals surface area (Å²) in [6.07, 6.45) is 6.22. The highest BCUT2D eigenvalue weighted by Gasteiger charge is 2.37. The second kappa shape index (κ2) is 7.25. The Bertz CT molecular complexity index is 513. The molecule has 0 radical (unpaired) electrons. The molecule has 0 aromatic heterocycles. The van der Waals surface area contributed by atoms with E-state index in [4.69, 9.17) is 0 Å². The van der Waals surface area contributed by atoms with Crippen LogP contribution in [0.15, 0.2) is 24.3 Å². The molecule has 1 N–H and O–H groups in total. The quantitative estimate of drug-likeness (QED) is 0.783. The number of carbonyl (C=O) groups is 2. The van der Waals surface area contributed by atoms with E-state index in [0.717, 1.165) is 30.5 Å². The van der Waals surface area contributed by atoms with Crippen LogP contribution in [0, 0.1) is 0 Å². The molecule has 114 valence electrons. The number of anilines is 1. The van der Waals surface area contributed by atoms with E-state index in [1.807, 2.05) is 24.3 Å². The summed E-state index contributed by atoms with van der Waals surface area (Å²) in [6.45, 7) is 2.16. The topological polar surface area (TPSA) is 57.6 Å². The van der Waals surface area contributed by atoms with E-state index in [-0.39, 0.29) is 5.91 Å². The van der Waals surface area contributed by atoms with Crippen molar-refractivity contribution in [2.24, 2.45) is 0 Å². The Hall–Kier alpha value is -1.84. The smallest absolute Gasteiger partial charge is 0.327 e. The van der Waals surface area contributed by atoms with E-state index in [1.54, 1.807) is 0 Å². The Labute approximate surface area is 125 Å². The summed E-state index contributed by atoms with van der Waals surface area (Å²) in [6, 6.07) is 6.74. The molecule has 0 bridgehead atoms. The molecule has 2 rings (SSSR count). The molecule has 0 fully saturated rings. The molecule has 21 heavy (non-hydrogen) atoms. The summed E-state index contributed by atoms with van der Waals surface area (Å²) in [4.78, 5) is 25.3. The van der Waals surface area contributed by atoms with Crippen LogP contribution in [-0.2, 0) is 16.0 Å². The summed E-state index contributed by atoms with van der Waals surface area (Å²) in [5, 5.41) is 9.35. The fourth-order valence-electron chi connectivity index (χ4n) is 2.89. The van der Waals surface area contributed by atoms with Gasteiger partial charge >= 0.3 is 5.97 Å². The number of carboxylic acids is 1. The van der Waals surface area contributed by atoms with Gasteiger partial charge in [0.2, 0.25) is 5.91 Å². The Balaban J connectivity index is 2.01. The van der Waals surface area contributed by atoms with Crippen molar-refractivity contribution in [2.45, 2.75) is 57.9 Å². The largest absolute Gasteiger partial charge is 0.480 e. The average molecular weight is 289 g/mol. The molecule has 4 heteroatoms. The minimum absolute atomic E-state index is 0.0659. The van der Waals surface area contributed by atoms with Gasteiger partial charge in [0.1, 0.15) is 6.04 Å². The van der Waals surface area contributed by atoms with E-state index in [1.165, 1.54) is 17.7 Å². The third-order valence-corrected chi connectivity index (χ3v) is 4.02. The normalized spacial score (nSPS) is 16.8. The first-order valence-electron chi connectivity index (χ1n) is 7.78. The van der Waals surface area contributed by atoms with Gasteiger partial charge in [0.05, 0.1) is 0 Å². The zero-order valence-electron chi connectivity index (χ0n) is 12.5. The van der Waals surface area contributed by atoms with Crippen LogP contribution in [0.2, 0.25) is 0 Å². The second-order valence-electron chi connectivity index (χ2n) is 5.61. The van der Waals surface area contributed by atoms with Crippen molar-refractivity contribution in [1.82, 2.24) is 0 Å². The molecule has 0 aliphatic carbocycles. The number of aliphatic carboxylic acids is 1. The number of carboxylic acid groups (broad SMARTS) is 1. The van der Waals surface area contributed by atoms with Gasteiger partial charge in [-0.3, -0.25) is 9.69 Å². The van der Waals surface area contributed by atoms with Crippen molar-refractivity contribution in [3.8, 4) is 0 Å². The van der Waals surface area contributed by atoms with Crippen LogP contribution in [0.4, 0.5) is 5.69 Å². The first kappa shape index (κ1) is 15.5. The van der Waals surface area contributed by atoms with Crippen molar-refractivity contribution in [2.75, 3.05) is 4.90 Å². The summed E-state index contributed by atoms with van der Waals surface area (Å²) >= 11 is 0. The number of benzene rings is 1. The number of amides is 1. The van der Waals surface area contributed by atoms with Gasteiger partial charge in [-0.25, -0.2) is 4.79 Å². The number of para-hydroxylation sites is 1. The van der Waals surface area contributed by atoms with E-state index in [0.29, 0.717) is 12.8 Å². The van der Waals surface area contributed by atoms with Gasteiger partial charge in [-0.2, -0.15) is 0 Å². The number of hydrogen-bond donors (Lipinski definition) is 1. The Morgan fingerprint density at radius 1 is 1.19 bits per heavy atom. The number of nitrogens with zero attached hydrogens (tertiary/aromatic N) is 1. The standard InChI is InChI=1S/C17H23NO3/c1-2-3-4-5-6-11-16(19)18-14-10-8-7-9-13(14)12-15(18)17(20)21/h7-10,15H,2-6,11-12H2,1H3,(H,20,21). The lowest BCUT2D eigenvalue weighted by molar-refractivity contribution is -0.139. The molecular formula is C17H23NO3. The first-order valence-corrected chi connectivity index (χ1v) is 7.78. The zero-order valence-corrected chi connectivity index (χ0v) is 12.5. The van der Waals surface area contributed by atoms with Crippen molar-refractivity contribution in [3.63, 3.8) is 0 Å². The predicted octanol–water partition coefficient (Wildman–Crippen LogP) is 3.39. The van der Waals surface area contributed by atoms with Crippen molar-refractivity contribution < 1.29 is 14.7 Å². The van der Waals surface area contributed by atoms with Crippen molar-refractivity contribution >= 4 is 17.6 Å². The van der Waals surface area contributed by atoms with Crippen molar-refractivity contribution in [3.05, 3.63) is 29.8 Å². The average Bonchev–Trinajstić information content (AvgIpc) is 2.86. The number of hydrogen-bond acceptors (Lipinski definition) is 2. The Morgan fingerprint density at radius 2 is 1.90 bits per heavy atom. The van der Waals surface area contributed by atoms with E-state index in [2.05, 4.69) is 6.92 Å². The van der Waals surface area contributed by atoms with Gasteiger partial charge in [0.25, 0.3) is 0 Å². The van der Waals surface area contributed by atoms with Crippen LogP contribution >= 0.6 is 0 Å². The maximum absolute atomic E-state index is 12.4. The maximum atomic E-state index is 12.4. The van der Waals surface area contributed by atoms with Gasteiger partial charge in [0, 0.05) is 18.5 Å². The number of unbranched alkanes of at least 4 members (excludes halogenated alkanes) is 4. The Morgan fingerprint density at radius 3 is 2.62 bits per heavy atom. The molecule has 1 unspecified atom stereocenters. The molecular weight excluding hydrogens is 266 g/mol. The van der Waals surface area contributed by atoms with Crippen molar-refractivity contribution in [1.29, 1.82) is 0 Å². The maximum Gasteiger partial charge on any atom is 0.327 e. The van der Waals surface area contributed by atoms with Crippen LogP contribution < -0.4 is 4.90 Å². The molecule has 1 heterocycles. The summed E-state index contributed by atoms with van der Waals surface area (Å²) in [5.74, 6) is -0.991. The van der Waals surface area contributed by atoms with Crippen LogP contribution in [0.25, 0.3) is 0 Å². The molecule has 0 saturated carbocycles. The van der Waals surface area contributed by atoms with Gasteiger partial charge in [0.15, 0.2) is 0 Å². The van der Waals surface area contributed by atoms with Gasteiger partial charge in [-0.05, 0) is 18.1 Å². The van der Waals surface area contributed by atoms with Crippen LogP contribution in [0.3, 0.4) is 0 Å². The number of fused-ring (bicyclic) bond motifs is 1. The Kier molecular flexibility index (Phi) is 5.37. The van der Waals surface area contributed by atoms with Crippen LogP contribution in [-0.4, -0.2) is 23.0 Å².